The summed E-state index contributed by atoms with van der Waals surface area (Å²) in [7, 11) is 0. The Morgan fingerprint density at radius 1 is 0.917 bits per heavy atom. The van der Waals surface area contributed by atoms with Gasteiger partial charge in [0, 0.05) is 18.7 Å². The molecule has 190 valence electrons. The van der Waals surface area contributed by atoms with Crippen LogP contribution in [0.1, 0.15) is 40.9 Å². The second-order valence-corrected chi connectivity index (χ2v) is 7.65. The van der Waals surface area contributed by atoms with Gasteiger partial charge >= 0.3 is 18.2 Å². The van der Waals surface area contributed by atoms with E-state index in [-0.39, 0.29) is 18.8 Å². The molecule has 1 unspecified atom stereocenters. The van der Waals surface area contributed by atoms with Crippen LogP contribution in [-0.2, 0) is 10.9 Å². The van der Waals surface area contributed by atoms with Crippen molar-refractivity contribution < 1.29 is 36.6 Å². The summed E-state index contributed by atoms with van der Waals surface area (Å²) in [6.45, 7) is 2.11. The first kappa shape index (κ1) is 26.5. The third-order valence-corrected chi connectivity index (χ3v) is 5.05. The normalized spacial score (nSPS) is 11.9. The molecular formula is C26H24F4N2O4. The van der Waals surface area contributed by atoms with Gasteiger partial charge in [-0.05, 0) is 73.2 Å². The van der Waals surface area contributed by atoms with Crippen molar-refractivity contribution in [2.75, 3.05) is 18.5 Å². The van der Waals surface area contributed by atoms with Crippen LogP contribution in [0, 0.1) is 5.82 Å². The molecule has 10 heteroatoms. The van der Waals surface area contributed by atoms with E-state index in [0.717, 1.165) is 24.3 Å². The lowest BCUT2D eigenvalue weighted by molar-refractivity contribution is -0.137. The van der Waals surface area contributed by atoms with E-state index in [1.165, 1.54) is 12.1 Å². The molecule has 3 aromatic rings. The van der Waals surface area contributed by atoms with E-state index in [0.29, 0.717) is 23.3 Å². The van der Waals surface area contributed by atoms with Gasteiger partial charge in [-0.25, -0.2) is 14.0 Å². The highest BCUT2D eigenvalue weighted by atomic mass is 19.4. The molecule has 0 bridgehead atoms. The summed E-state index contributed by atoms with van der Waals surface area (Å²) in [4.78, 5) is 24.0. The Bertz CT molecular complexity index is 1150. The van der Waals surface area contributed by atoms with Crippen molar-refractivity contribution in [2.45, 2.75) is 25.6 Å². The number of ether oxygens (including phenoxy) is 2. The quantitative estimate of drug-likeness (QED) is 0.263. The smallest absolute Gasteiger partial charge is 0.416 e. The molecule has 0 spiro atoms. The topological polar surface area (TPSA) is 76.7 Å². The number of carbonyl (C=O) groups excluding carboxylic acids is 2. The van der Waals surface area contributed by atoms with Gasteiger partial charge in [0.2, 0.25) is 0 Å². The maximum Gasteiger partial charge on any atom is 0.416 e. The SMILES string of the molecule is CCOC(=O)c1ccc(OC(CCNC(=O)Nc2ccc(C(F)(F)F)cc2)c2ccc(F)cc2)cc1. The molecule has 0 saturated heterocycles. The lowest BCUT2D eigenvalue weighted by atomic mass is 10.1. The van der Waals surface area contributed by atoms with Gasteiger partial charge in [0.05, 0.1) is 17.7 Å². The summed E-state index contributed by atoms with van der Waals surface area (Å²) in [5, 5.41) is 5.09. The maximum atomic E-state index is 13.4. The monoisotopic (exact) mass is 504 g/mol. The van der Waals surface area contributed by atoms with Crippen molar-refractivity contribution in [1.29, 1.82) is 0 Å². The molecule has 3 rings (SSSR count). The summed E-state index contributed by atoms with van der Waals surface area (Å²) < 4.78 is 62.4. The second-order valence-electron chi connectivity index (χ2n) is 7.65. The summed E-state index contributed by atoms with van der Waals surface area (Å²) in [5.41, 5.74) is 0.413. The van der Waals surface area contributed by atoms with Crippen LogP contribution in [0.15, 0.2) is 72.8 Å². The molecule has 1 atom stereocenters. The molecule has 0 heterocycles. The molecule has 0 aromatic heterocycles. The minimum atomic E-state index is -4.46. The minimum Gasteiger partial charge on any atom is -0.486 e. The van der Waals surface area contributed by atoms with Gasteiger partial charge in [-0.3, -0.25) is 0 Å². The third-order valence-electron chi connectivity index (χ3n) is 5.05. The highest BCUT2D eigenvalue weighted by Gasteiger charge is 2.30. The van der Waals surface area contributed by atoms with E-state index in [9.17, 15) is 27.2 Å². The number of urea groups is 1. The zero-order chi connectivity index (χ0) is 26.1. The molecule has 2 N–H and O–H groups in total. The van der Waals surface area contributed by atoms with Gasteiger partial charge < -0.3 is 20.1 Å². The summed E-state index contributed by atoms with van der Waals surface area (Å²) >= 11 is 0. The van der Waals surface area contributed by atoms with Crippen molar-refractivity contribution >= 4 is 17.7 Å². The number of nitrogens with one attached hydrogen (secondary N) is 2. The number of amides is 2. The molecule has 0 saturated carbocycles. The van der Waals surface area contributed by atoms with Crippen molar-refractivity contribution in [2.24, 2.45) is 0 Å². The number of hydrogen-bond acceptors (Lipinski definition) is 4. The fourth-order valence-corrected chi connectivity index (χ4v) is 3.25. The number of carbonyl (C=O) groups is 2. The van der Waals surface area contributed by atoms with E-state index in [1.54, 1.807) is 43.3 Å². The molecule has 0 radical (unpaired) electrons. The molecule has 2 amide bonds. The van der Waals surface area contributed by atoms with Crippen molar-refractivity contribution in [1.82, 2.24) is 5.32 Å². The average molecular weight is 504 g/mol. The molecule has 0 fully saturated rings. The van der Waals surface area contributed by atoms with Gasteiger partial charge in [0.1, 0.15) is 17.7 Å². The van der Waals surface area contributed by atoms with Gasteiger partial charge in [0.25, 0.3) is 0 Å². The van der Waals surface area contributed by atoms with Crippen LogP contribution in [-0.4, -0.2) is 25.2 Å². The maximum absolute atomic E-state index is 13.4. The number of halogens is 4. The Balaban J connectivity index is 1.60. The van der Waals surface area contributed by atoms with Crippen LogP contribution in [0.25, 0.3) is 0 Å². The molecular weight excluding hydrogens is 480 g/mol. The Morgan fingerprint density at radius 2 is 1.56 bits per heavy atom. The summed E-state index contributed by atoms with van der Waals surface area (Å²) in [6.07, 6.45) is -4.73. The van der Waals surface area contributed by atoms with E-state index < -0.39 is 35.7 Å². The van der Waals surface area contributed by atoms with Crippen molar-refractivity contribution in [3.05, 3.63) is 95.3 Å². The second kappa shape index (κ2) is 12.1. The number of benzene rings is 3. The third kappa shape index (κ3) is 7.72. The van der Waals surface area contributed by atoms with Crippen LogP contribution in [0.5, 0.6) is 5.75 Å². The molecule has 0 aliphatic rings. The van der Waals surface area contributed by atoms with Crippen molar-refractivity contribution in [3.63, 3.8) is 0 Å². The number of alkyl halides is 3. The lowest BCUT2D eigenvalue weighted by Crippen LogP contribution is -2.30. The lowest BCUT2D eigenvalue weighted by Gasteiger charge is -2.20. The summed E-state index contributed by atoms with van der Waals surface area (Å²) in [5.74, 6) is -0.417. The molecule has 6 nitrogen and oxygen atoms in total. The van der Waals surface area contributed by atoms with Crippen LogP contribution >= 0.6 is 0 Å². The number of anilines is 1. The van der Waals surface area contributed by atoms with E-state index in [2.05, 4.69) is 10.6 Å². The van der Waals surface area contributed by atoms with Gasteiger partial charge in [-0.15, -0.1) is 0 Å². The van der Waals surface area contributed by atoms with E-state index >= 15 is 0 Å². The van der Waals surface area contributed by atoms with Gasteiger partial charge in [-0.1, -0.05) is 12.1 Å². The molecule has 0 aliphatic heterocycles. The van der Waals surface area contributed by atoms with E-state index in [1.807, 2.05) is 0 Å². The van der Waals surface area contributed by atoms with Crippen LogP contribution in [0.4, 0.5) is 28.0 Å². The zero-order valence-electron chi connectivity index (χ0n) is 19.3. The number of rotatable bonds is 9. The highest BCUT2D eigenvalue weighted by molar-refractivity contribution is 5.89. The van der Waals surface area contributed by atoms with E-state index in [4.69, 9.17) is 9.47 Å². The highest BCUT2D eigenvalue weighted by Crippen LogP contribution is 2.30. The predicted molar refractivity (Wildman–Crippen MR) is 125 cm³/mol. The fraction of sp³-hybridized carbons (Fsp3) is 0.231. The molecule has 0 aliphatic carbocycles. The molecule has 3 aromatic carbocycles. The first-order valence-corrected chi connectivity index (χ1v) is 11.1. The predicted octanol–water partition coefficient (Wildman–Crippen LogP) is 6.35. The van der Waals surface area contributed by atoms with Crippen LogP contribution in [0.2, 0.25) is 0 Å². The Kier molecular flexibility index (Phi) is 8.88. The average Bonchev–Trinajstić information content (AvgIpc) is 2.84. The Labute approximate surface area is 205 Å². The largest absolute Gasteiger partial charge is 0.486 e. The Morgan fingerprint density at radius 3 is 2.14 bits per heavy atom. The standard InChI is InChI=1S/C26H24F4N2O4/c1-2-35-24(33)18-5-13-22(14-6-18)36-23(17-3-9-20(27)10-4-17)15-16-31-25(34)32-21-11-7-19(8-12-21)26(28,29)30/h3-14,23H,2,15-16H2,1H3,(H2,31,32,34). The molecule has 36 heavy (non-hydrogen) atoms. The van der Waals surface area contributed by atoms with Gasteiger partial charge in [0.15, 0.2) is 0 Å². The minimum absolute atomic E-state index is 0.148. The first-order valence-electron chi connectivity index (χ1n) is 11.1. The van der Waals surface area contributed by atoms with Crippen molar-refractivity contribution in [3.8, 4) is 5.75 Å². The fourth-order valence-electron chi connectivity index (χ4n) is 3.25. The summed E-state index contributed by atoms with van der Waals surface area (Å²) in [6, 6.07) is 15.5. The number of hydrogen-bond donors (Lipinski definition) is 2. The van der Waals surface area contributed by atoms with Crippen LogP contribution in [0.3, 0.4) is 0 Å². The zero-order valence-corrected chi connectivity index (χ0v) is 19.3. The Hall–Kier alpha value is -4.08. The van der Waals surface area contributed by atoms with Gasteiger partial charge in [-0.2, -0.15) is 13.2 Å². The van der Waals surface area contributed by atoms with Crippen LogP contribution < -0.4 is 15.4 Å². The number of esters is 1. The first-order chi connectivity index (χ1) is 17.2.